The summed E-state index contributed by atoms with van der Waals surface area (Å²) in [5, 5.41) is 10.6. The van der Waals surface area contributed by atoms with E-state index in [1.807, 2.05) is 5.32 Å². The minimum Gasteiger partial charge on any atom is -0.321 e. The van der Waals surface area contributed by atoms with Gasteiger partial charge in [0.25, 0.3) is 0 Å². The van der Waals surface area contributed by atoms with Crippen LogP contribution in [0, 0.1) is 13.8 Å². The highest BCUT2D eigenvalue weighted by molar-refractivity contribution is 5.91. The molecule has 24 heavy (non-hydrogen) atoms. The normalized spacial score (nSPS) is 12.5. The minimum atomic E-state index is -4.83. The van der Waals surface area contributed by atoms with E-state index in [9.17, 15) is 31.1 Å². The quantitative estimate of drug-likeness (QED) is 0.832. The van der Waals surface area contributed by atoms with E-state index in [0.29, 0.717) is 4.68 Å². The van der Waals surface area contributed by atoms with Crippen molar-refractivity contribution in [2.24, 2.45) is 0 Å². The Balaban J connectivity index is 2.23. The van der Waals surface area contributed by atoms with Gasteiger partial charge in [0.15, 0.2) is 5.69 Å². The van der Waals surface area contributed by atoms with E-state index in [1.165, 1.54) is 13.8 Å². The maximum atomic E-state index is 12.8. The van der Waals surface area contributed by atoms with Crippen molar-refractivity contribution >= 4 is 11.6 Å². The number of aromatic nitrogens is 4. The fourth-order valence-electron chi connectivity index (χ4n) is 2.00. The van der Waals surface area contributed by atoms with Crippen LogP contribution in [0.25, 0.3) is 0 Å². The average Bonchev–Trinajstić information content (AvgIpc) is 2.92. The molecule has 0 aliphatic carbocycles. The van der Waals surface area contributed by atoms with Gasteiger partial charge in [0.1, 0.15) is 12.2 Å². The summed E-state index contributed by atoms with van der Waals surface area (Å²) in [4.78, 5) is 11.9. The van der Waals surface area contributed by atoms with Gasteiger partial charge in [-0.3, -0.25) is 14.6 Å². The first kappa shape index (κ1) is 17.8. The van der Waals surface area contributed by atoms with Gasteiger partial charge in [-0.05, 0) is 19.9 Å². The van der Waals surface area contributed by atoms with Gasteiger partial charge in [0.2, 0.25) is 5.91 Å². The van der Waals surface area contributed by atoms with Crippen LogP contribution in [-0.2, 0) is 23.7 Å². The summed E-state index contributed by atoms with van der Waals surface area (Å²) >= 11 is 0. The van der Waals surface area contributed by atoms with E-state index in [4.69, 9.17) is 0 Å². The maximum Gasteiger partial charge on any atom is 0.437 e. The van der Waals surface area contributed by atoms with Crippen LogP contribution in [0.5, 0.6) is 0 Å². The van der Waals surface area contributed by atoms with Gasteiger partial charge in [-0.1, -0.05) is 0 Å². The number of H-pyrrole nitrogens is 1. The van der Waals surface area contributed by atoms with Crippen LogP contribution in [0.4, 0.5) is 32.0 Å². The molecule has 0 aliphatic heterocycles. The van der Waals surface area contributed by atoms with Crippen molar-refractivity contribution in [1.82, 2.24) is 20.0 Å². The van der Waals surface area contributed by atoms with E-state index in [0.717, 1.165) is 6.07 Å². The Hall–Kier alpha value is -2.53. The Labute approximate surface area is 130 Å². The first-order valence-electron chi connectivity index (χ1n) is 6.43. The van der Waals surface area contributed by atoms with Gasteiger partial charge in [-0.2, -0.15) is 36.5 Å². The molecule has 0 radical (unpaired) electrons. The molecule has 132 valence electrons. The summed E-state index contributed by atoms with van der Waals surface area (Å²) in [6.45, 7) is 1.63. The number of aryl methyl sites for hydroxylation is 2. The molecule has 0 saturated heterocycles. The lowest BCUT2D eigenvalue weighted by atomic mass is 10.3. The van der Waals surface area contributed by atoms with Gasteiger partial charge in [-0.25, -0.2) is 0 Å². The second-order valence-electron chi connectivity index (χ2n) is 4.94. The second kappa shape index (κ2) is 5.83. The molecule has 2 aromatic rings. The Morgan fingerprint density at radius 1 is 1.21 bits per heavy atom. The van der Waals surface area contributed by atoms with Crippen molar-refractivity contribution in [3.8, 4) is 0 Å². The van der Waals surface area contributed by atoms with Crippen molar-refractivity contribution in [3.05, 3.63) is 28.8 Å². The third-order valence-corrected chi connectivity index (χ3v) is 2.97. The SMILES string of the molecule is Cc1cc(C(F)(F)F)n(CC(=O)Nc2c(C(F)(F)F)n[nH]c2C)n1. The molecule has 0 aliphatic rings. The van der Waals surface area contributed by atoms with Crippen LogP contribution in [0.1, 0.15) is 22.8 Å². The number of carbonyl (C=O) groups is 1. The molecule has 0 fully saturated rings. The number of rotatable bonds is 3. The number of nitrogens with zero attached hydrogens (tertiary/aromatic N) is 3. The fraction of sp³-hybridized carbons (Fsp3) is 0.417. The second-order valence-corrected chi connectivity index (χ2v) is 4.94. The number of aromatic amines is 1. The predicted molar refractivity (Wildman–Crippen MR) is 68.9 cm³/mol. The zero-order valence-corrected chi connectivity index (χ0v) is 12.3. The first-order valence-corrected chi connectivity index (χ1v) is 6.43. The monoisotopic (exact) mass is 355 g/mol. The molecule has 0 aromatic carbocycles. The van der Waals surface area contributed by atoms with Crippen molar-refractivity contribution in [2.45, 2.75) is 32.7 Å². The van der Waals surface area contributed by atoms with Gasteiger partial charge in [0, 0.05) is 0 Å². The molecule has 0 bridgehead atoms. The zero-order valence-electron chi connectivity index (χ0n) is 12.3. The largest absolute Gasteiger partial charge is 0.437 e. The van der Waals surface area contributed by atoms with Crippen LogP contribution >= 0.6 is 0 Å². The lowest BCUT2D eigenvalue weighted by molar-refractivity contribution is -0.144. The van der Waals surface area contributed by atoms with Crippen LogP contribution in [0.15, 0.2) is 6.07 Å². The number of anilines is 1. The molecule has 0 atom stereocenters. The van der Waals surface area contributed by atoms with E-state index < -0.39 is 41.9 Å². The molecule has 6 nitrogen and oxygen atoms in total. The van der Waals surface area contributed by atoms with Crippen molar-refractivity contribution in [3.63, 3.8) is 0 Å². The van der Waals surface area contributed by atoms with Crippen LogP contribution in [-0.4, -0.2) is 25.9 Å². The summed E-state index contributed by atoms with van der Waals surface area (Å²) < 4.78 is 77.1. The molecule has 0 unspecified atom stereocenters. The van der Waals surface area contributed by atoms with E-state index in [2.05, 4.69) is 15.3 Å². The average molecular weight is 355 g/mol. The Morgan fingerprint density at radius 3 is 2.38 bits per heavy atom. The highest BCUT2D eigenvalue weighted by Crippen LogP contribution is 2.35. The standard InChI is InChI=1S/C12H11F6N5O/c1-5-3-7(11(13,14)15)23(22-5)4-8(24)19-9-6(2)20-21-10(9)12(16,17)18/h3H,4H2,1-2H3,(H,19,24)(H,20,21). The molecular formula is C12H11F6N5O. The van der Waals surface area contributed by atoms with Crippen LogP contribution in [0.2, 0.25) is 0 Å². The number of nitrogens with one attached hydrogen (secondary N) is 2. The Kier molecular flexibility index (Phi) is 4.33. The molecule has 2 aromatic heterocycles. The molecule has 2 N–H and O–H groups in total. The van der Waals surface area contributed by atoms with E-state index in [1.54, 1.807) is 0 Å². The minimum absolute atomic E-state index is 0.0191. The summed E-state index contributed by atoms with van der Waals surface area (Å²) in [7, 11) is 0. The predicted octanol–water partition coefficient (Wildman–Crippen LogP) is 2.90. The first-order chi connectivity index (χ1) is 10.9. The van der Waals surface area contributed by atoms with Crippen molar-refractivity contribution in [1.29, 1.82) is 0 Å². The molecule has 0 saturated carbocycles. The number of carbonyl (C=O) groups excluding carboxylic acids is 1. The maximum absolute atomic E-state index is 12.8. The van der Waals surface area contributed by atoms with Crippen LogP contribution < -0.4 is 5.32 Å². The third kappa shape index (κ3) is 3.68. The Morgan fingerprint density at radius 2 is 1.83 bits per heavy atom. The van der Waals surface area contributed by atoms with Crippen LogP contribution in [0.3, 0.4) is 0 Å². The molecule has 2 rings (SSSR count). The highest BCUT2D eigenvalue weighted by atomic mass is 19.4. The van der Waals surface area contributed by atoms with Gasteiger partial charge in [0.05, 0.1) is 17.1 Å². The number of amides is 1. The van der Waals surface area contributed by atoms with Gasteiger partial charge in [-0.15, -0.1) is 0 Å². The fourth-order valence-corrected chi connectivity index (χ4v) is 2.00. The third-order valence-electron chi connectivity index (χ3n) is 2.97. The van der Waals surface area contributed by atoms with E-state index >= 15 is 0 Å². The Bertz CT molecular complexity index is 757. The molecular weight excluding hydrogens is 344 g/mol. The topological polar surface area (TPSA) is 75.6 Å². The van der Waals surface area contributed by atoms with Crippen molar-refractivity contribution in [2.75, 3.05) is 5.32 Å². The number of alkyl halides is 6. The summed E-state index contributed by atoms with van der Waals surface area (Å²) in [6.07, 6.45) is -9.57. The zero-order chi connectivity index (χ0) is 18.3. The lowest BCUT2D eigenvalue weighted by Gasteiger charge is -2.11. The van der Waals surface area contributed by atoms with Gasteiger partial charge >= 0.3 is 12.4 Å². The number of halogens is 6. The smallest absolute Gasteiger partial charge is 0.321 e. The summed E-state index contributed by atoms with van der Waals surface area (Å²) in [5.74, 6) is -1.10. The molecule has 0 spiro atoms. The summed E-state index contributed by atoms with van der Waals surface area (Å²) in [5.41, 5.74) is -3.23. The summed E-state index contributed by atoms with van der Waals surface area (Å²) in [6, 6.07) is 0.734. The molecule has 1 amide bonds. The number of hydrogen-bond acceptors (Lipinski definition) is 3. The highest BCUT2D eigenvalue weighted by Gasteiger charge is 2.39. The van der Waals surface area contributed by atoms with Gasteiger partial charge < -0.3 is 5.32 Å². The molecule has 12 heteroatoms. The lowest BCUT2D eigenvalue weighted by Crippen LogP contribution is -2.25. The van der Waals surface area contributed by atoms with Crippen molar-refractivity contribution < 1.29 is 31.1 Å². The van der Waals surface area contributed by atoms with E-state index in [-0.39, 0.29) is 11.4 Å². The number of hydrogen-bond donors (Lipinski definition) is 2. The molecule has 2 heterocycles.